The van der Waals surface area contributed by atoms with Crippen molar-refractivity contribution in [2.45, 2.75) is 39.4 Å². The van der Waals surface area contributed by atoms with Gasteiger partial charge in [-0.1, -0.05) is 13.8 Å². The zero-order valence-electron chi connectivity index (χ0n) is 8.55. The largest absolute Gasteiger partial charge is 0.304 e. The molecule has 0 aromatic rings. The van der Waals surface area contributed by atoms with Gasteiger partial charge in [-0.2, -0.15) is 0 Å². The van der Waals surface area contributed by atoms with E-state index in [-0.39, 0.29) is 5.92 Å². The van der Waals surface area contributed by atoms with Crippen molar-refractivity contribution >= 4 is 5.78 Å². The average Bonchev–Trinajstić information content (AvgIpc) is 2.02. The van der Waals surface area contributed by atoms with Gasteiger partial charge < -0.3 is 11.5 Å². The minimum Gasteiger partial charge on any atom is -0.304 e. The molecule has 0 rings (SSSR count). The molecule has 0 aromatic carbocycles. The third-order valence-electron chi connectivity index (χ3n) is 1.87. The normalized spacial score (nSPS) is 11.2. The zero-order chi connectivity index (χ0) is 10.3. The summed E-state index contributed by atoms with van der Waals surface area (Å²) in [6, 6.07) is 0. The molecule has 0 amide bonds. The van der Waals surface area contributed by atoms with Crippen LogP contribution < -0.4 is 16.8 Å². The lowest BCUT2D eigenvalue weighted by atomic mass is 10.0. The van der Waals surface area contributed by atoms with Crippen LogP contribution in [0.2, 0.25) is 0 Å². The number of hydrogen-bond acceptors (Lipinski definition) is 4. The van der Waals surface area contributed by atoms with E-state index in [9.17, 15) is 4.79 Å². The van der Waals surface area contributed by atoms with Crippen LogP contribution in [0.5, 0.6) is 0 Å². The summed E-state index contributed by atoms with van der Waals surface area (Å²) in [4.78, 5) is 11.2. The summed E-state index contributed by atoms with van der Waals surface area (Å²) in [7, 11) is 0. The molecule has 0 radical (unpaired) electrons. The molecular weight excluding hydrogens is 166 g/mol. The Morgan fingerprint density at radius 2 is 1.92 bits per heavy atom. The Hall–Kier alpha value is -0.450. The topological polar surface area (TPSA) is 81.1 Å². The van der Waals surface area contributed by atoms with Gasteiger partial charge in [0.2, 0.25) is 0 Å². The van der Waals surface area contributed by atoms with Gasteiger partial charge in [-0.3, -0.25) is 10.1 Å². The van der Waals surface area contributed by atoms with E-state index in [0.717, 1.165) is 19.4 Å². The van der Waals surface area contributed by atoms with Crippen LogP contribution in [0.3, 0.4) is 0 Å². The Morgan fingerprint density at radius 3 is 2.38 bits per heavy atom. The van der Waals surface area contributed by atoms with Crippen molar-refractivity contribution in [3.05, 3.63) is 0 Å². The molecule has 0 saturated carbocycles. The minimum absolute atomic E-state index is 0.157. The van der Waals surface area contributed by atoms with E-state index in [1.807, 2.05) is 13.8 Å². The highest BCUT2D eigenvalue weighted by atomic mass is 16.1. The molecule has 0 aliphatic heterocycles. The van der Waals surface area contributed by atoms with Crippen molar-refractivity contribution in [2.75, 3.05) is 6.54 Å². The van der Waals surface area contributed by atoms with Gasteiger partial charge in [-0.15, -0.1) is 0 Å². The van der Waals surface area contributed by atoms with E-state index in [4.69, 9.17) is 11.5 Å². The van der Waals surface area contributed by atoms with Crippen LogP contribution in [-0.2, 0) is 4.79 Å². The third-order valence-corrected chi connectivity index (χ3v) is 1.87. The Balaban J connectivity index is 3.21. The van der Waals surface area contributed by atoms with Gasteiger partial charge in [0.1, 0.15) is 12.1 Å². The number of rotatable bonds is 7. The van der Waals surface area contributed by atoms with E-state index < -0.39 is 6.29 Å². The first-order valence-corrected chi connectivity index (χ1v) is 4.81. The van der Waals surface area contributed by atoms with Crippen molar-refractivity contribution in [1.29, 1.82) is 0 Å². The van der Waals surface area contributed by atoms with E-state index in [1.165, 1.54) is 0 Å². The number of carbonyl (C=O) groups is 1. The monoisotopic (exact) mass is 187 g/mol. The van der Waals surface area contributed by atoms with Crippen LogP contribution in [0, 0.1) is 5.92 Å². The Kier molecular flexibility index (Phi) is 6.76. The lowest BCUT2D eigenvalue weighted by Gasteiger charge is -2.07. The maximum atomic E-state index is 11.2. The molecule has 0 fully saturated rings. The van der Waals surface area contributed by atoms with Crippen LogP contribution >= 0.6 is 0 Å². The van der Waals surface area contributed by atoms with E-state index in [2.05, 4.69) is 5.32 Å². The van der Waals surface area contributed by atoms with Gasteiger partial charge in [0.15, 0.2) is 0 Å². The van der Waals surface area contributed by atoms with Crippen LogP contribution in [-0.4, -0.2) is 18.6 Å². The molecule has 0 spiro atoms. The summed E-state index contributed by atoms with van der Waals surface area (Å²) in [5.74, 6) is 0.488. The number of Topliss-reactive ketones (excluding diaryl/α,β-unsaturated/α-hetero) is 1. The highest BCUT2D eigenvalue weighted by Gasteiger charge is 2.05. The molecule has 0 saturated heterocycles. The fraction of sp³-hybridized carbons (Fsp3) is 0.889. The molecule has 0 atom stereocenters. The molecule has 0 heterocycles. The van der Waals surface area contributed by atoms with Crippen LogP contribution in [0.4, 0.5) is 0 Å². The third kappa shape index (κ3) is 7.90. The van der Waals surface area contributed by atoms with E-state index in [1.54, 1.807) is 0 Å². The summed E-state index contributed by atoms with van der Waals surface area (Å²) in [5, 5.41) is 2.89. The molecule has 4 nitrogen and oxygen atoms in total. The average molecular weight is 187 g/mol. The van der Waals surface area contributed by atoms with Crippen LogP contribution in [0.15, 0.2) is 0 Å². The Morgan fingerprint density at radius 1 is 1.31 bits per heavy atom. The summed E-state index contributed by atoms with van der Waals surface area (Å²) in [6.45, 7) is 4.63. The van der Waals surface area contributed by atoms with Gasteiger partial charge >= 0.3 is 0 Å². The lowest BCUT2D eigenvalue weighted by molar-refractivity contribution is -0.122. The summed E-state index contributed by atoms with van der Waals surface area (Å²) in [5.41, 5.74) is 10.6. The molecule has 0 unspecified atom stereocenters. The zero-order valence-corrected chi connectivity index (χ0v) is 8.55. The van der Waals surface area contributed by atoms with Crippen molar-refractivity contribution in [3.8, 4) is 0 Å². The quantitative estimate of drug-likeness (QED) is 0.392. The summed E-state index contributed by atoms with van der Waals surface area (Å²) in [6.07, 6.45) is 2.08. The highest BCUT2D eigenvalue weighted by Crippen LogP contribution is 2.03. The minimum atomic E-state index is -0.444. The number of hydrogen-bond donors (Lipinski definition) is 3. The Bertz CT molecular complexity index is 146. The molecule has 0 bridgehead atoms. The molecule has 78 valence electrons. The maximum absolute atomic E-state index is 11.2. The fourth-order valence-electron chi connectivity index (χ4n) is 0.982. The van der Waals surface area contributed by atoms with Crippen molar-refractivity contribution in [1.82, 2.24) is 5.32 Å². The standard InChI is InChI=1S/C9H21N3O/c1-7(2)8(13)5-3-4-6-12-9(10)11/h7,9,12H,3-6,10-11H2,1-2H3. The van der Waals surface area contributed by atoms with Crippen molar-refractivity contribution in [2.24, 2.45) is 17.4 Å². The number of nitrogens with two attached hydrogens (primary N) is 2. The van der Waals surface area contributed by atoms with Crippen molar-refractivity contribution < 1.29 is 4.79 Å². The van der Waals surface area contributed by atoms with Gasteiger partial charge in [0.25, 0.3) is 0 Å². The first-order valence-electron chi connectivity index (χ1n) is 4.81. The molecule has 5 N–H and O–H groups in total. The SMILES string of the molecule is CC(C)C(=O)CCCCNC(N)N. The van der Waals surface area contributed by atoms with E-state index >= 15 is 0 Å². The molecule has 0 aromatic heterocycles. The second-order valence-electron chi connectivity index (χ2n) is 3.56. The molecule has 13 heavy (non-hydrogen) atoms. The van der Waals surface area contributed by atoms with Gasteiger partial charge in [0.05, 0.1) is 0 Å². The van der Waals surface area contributed by atoms with Gasteiger partial charge in [-0.25, -0.2) is 0 Å². The van der Waals surface area contributed by atoms with E-state index in [0.29, 0.717) is 12.2 Å². The molecule has 4 heteroatoms. The Labute approximate surface area is 80.0 Å². The number of carbonyl (C=O) groups excluding carboxylic acids is 1. The lowest BCUT2D eigenvalue weighted by Crippen LogP contribution is -2.45. The van der Waals surface area contributed by atoms with Gasteiger partial charge in [-0.05, 0) is 19.4 Å². The van der Waals surface area contributed by atoms with Gasteiger partial charge in [0, 0.05) is 12.3 Å². The van der Waals surface area contributed by atoms with Crippen LogP contribution in [0.1, 0.15) is 33.1 Å². The predicted molar refractivity (Wildman–Crippen MR) is 53.9 cm³/mol. The second-order valence-corrected chi connectivity index (χ2v) is 3.56. The first kappa shape index (κ1) is 12.6. The molecule has 0 aliphatic carbocycles. The maximum Gasteiger partial charge on any atom is 0.135 e. The highest BCUT2D eigenvalue weighted by molar-refractivity contribution is 5.80. The number of ketones is 1. The number of nitrogens with one attached hydrogen (secondary N) is 1. The molecule has 0 aliphatic rings. The summed E-state index contributed by atoms with van der Waals surface area (Å²) < 4.78 is 0. The number of unbranched alkanes of at least 4 members (excludes halogenated alkanes) is 1. The van der Waals surface area contributed by atoms with Crippen molar-refractivity contribution in [3.63, 3.8) is 0 Å². The molecular formula is C9H21N3O. The first-order chi connectivity index (χ1) is 6.04. The second kappa shape index (κ2) is 7.00. The summed E-state index contributed by atoms with van der Waals surface area (Å²) >= 11 is 0. The fourth-order valence-corrected chi connectivity index (χ4v) is 0.982. The van der Waals surface area contributed by atoms with Crippen LogP contribution in [0.25, 0.3) is 0 Å². The smallest absolute Gasteiger partial charge is 0.135 e. The predicted octanol–water partition coefficient (Wildman–Crippen LogP) is 0.172.